The molecule has 124 valence electrons. The van der Waals surface area contributed by atoms with E-state index in [2.05, 4.69) is 19.9 Å². The molecule has 9 heteroatoms. The number of morpholine rings is 1. The summed E-state index contributed by atoms with van der Waals surface area (Å²) in [4.78, 5) is 6.56. The van der Waals surface area contributed by atoms with Crippen LogP contribution in [-0.4, -0.2) is 77.5 Å². The second-order valence-corrected chi connectivity index (χ2v) is 6.89. The Morgan fingerprint density at radius 3 is 2.71 bits per heavy atom. The summed E-state index contributed by atoms with van der Waals surface area (Å²) in [5.74, 6) is 0.436. The van der Waals surface area contributed by atoms with Gasteiger partial charge in [0.2, 0.25) is 10.0 Å². The Morgan fingerprint density at radius 1 is 1.33 bits per heavy atom. The monoisotopic (exact) mass is 321 g/mol. The van der Waals surface area contributed by atoms with Gasteiger partial charge in [-0.3, -0.25) is 9.89 Å². The quantitative estimate of drug-likeness (QED) is 0.272. The topological polar surface area (TPSA) is 109 Å². The van der Waals surface area contributed by atoms with Gasteiger partial charge in [0, 0.05) is 39.3 Å². The van der Waals surface area contributed by atoms with Crippen LogP contribution in [0.2, 0.25) is 0 Å². The molecule has 0 aromatic heterocycles. The Labute approximate surface area is 127 Å². The van der Waals surface area contributed by atoms with Crippen molar-refractivity contribution in [2.75, 3.05) is 58.2 Å². The molecule has 1 saturated heterocycles. The molecule has 1 aliphatic rings. The number of nitrogens with one attached hydrogen (secondary N) is 2. The second-order valence-electron chi connectivity index (χ2n) is 4.80. The minimum absolute atomic E-state index is 0.0815. The molecular weight excluding hydrogens is 294 g/mol. The molecule has 0 aliphatic carbocycles. The number of hydrogen-bond acceptors (Lipinski definition) is 5. The van der Waals surface area contributed by atoms with Crippen molar-refractivity contribution in [3.8, 4) is 0 Å². The highest BCUT2D eigenvalue weighted by Gasteiger charge is 2.08. The first kappa shape index (κ1) is 18.1. The number of ether oxygens (including phenoxy) is 1. The Balaban J connectivity index is 2.04. The fourth-order valence-corrected chi connectivity index (χ4v) is 2.49. The number of guanidine groups is 1. The Morgan fingerprint density at radius 2 is 2.05 bits per heavy atom. The van der Waals surface area contributed by atoms with Gasteiger partial charge in [0.25, 0.3) is 0 Å². The summed E-state index contributed by atoms with van der Waals surface area (Å²) in [7, 11) is -3.14. The molecule has 0 spiro atoms. The van der Waals surface area contributed by atoms with E-state index in [1.54, 1.807) is 6.92 Å². The van der Waals surface area contributed by atoms with Gasteiger partial charge in [-0.1, -0.05) is 0 Å². The summed E-state index contributed by atoms with van der Waals surface area (Å²) >= 11 is 0. The maximum absolute atomic E-state index is 11.2. The van der Waals surface area contributed by atoms with Crippen molar-refractivity contribution < 1.29 is 13.2 Å². The average Bonchev–Trinajstić information content (AvgIpc) is 2.49. The largest absolute Gasteiger partial charge is 0.379 e. The van der Waals surface area contributed by atoms with Crippen molar-refractivity contribution in [1.82, 2.24) is 14.9 Å². The van der Waals surface area contributed by atoms with Crippen LogP contribution in [0.3, 0.4) is 0 Å². The zero-order valence-electron chi connectivity index (χ0n) is 12.7. The van der Waals surface area contributed by atoms with Crippen LogP contribution >= 0.6 is 0 Å². The minimum atomic E-state index is -3.14. The van der Waals surface area contributed by atoms with Crippen molar-refractivity contribution in [3.63, 3.8) is 0 Å². The van der Waals surface area contributed by atoms with E-state index in [0.717, 1.165) is 39.3 Å². The van der Waals surface area contributed by atoms with E-state index < -0.39 is 10.0 Å². The van der Waals surface area contributed by atoms with Crippen LogP contribution < -0.4 is 15.8 Å². The van der Waals surface area contributed by atoms with Crippen LogP contribution in [0.25, 0.3) is 0 Å². The molecule has 0 amide bonds. The molecule has 21 heavy (non-hydrogen) atoms. The van der Waals surface area contributed by atoms with Crippen molar-refractivity contribution in [3.05, 3.63) is 0 Å². The third-order valence-electron chi connectivity index (χ3n) is 3.15. The van der Waals surface area contributed by atoms with Gasteiger partial charge in [0.05, 0.1) is 19.0 Å². The first-order chi connectivity index (χ1) is 10.0. The predicted octanol–water partition coefficient (Wildman–Crippen LogP) is -1.45. The SMILES string of the molecule is CCS(=O)(=O)NCCNC(N)=NCCCN1CCOCC1. The highest BCUT2D eigenvalue weighted by Crippen LogP contribution is 1.97. The molecule has 0 saturated carbocycles. The molecule has 1 heterocycles. The van der Waals surface area contributed by atoms with Crippen LogP contribution in [-0.2, 0) is 14.8 Å². The molecule has 8 nitrogen and oxygen atoms in total. The lowest BCUT2D eigenvalue weighted by Crippen LogP contribution is -2.39. The molecule has 1 rings (SSSR count). The van der Waals surface area contributed by atoms with Gasteiger partial charge in [-0.2, -0.15) is 0 Å². The summed E-state index contributed by atoms with van der Waals surface area (Å²) in [6.45, 7) is 7.57. The lowest BCUT2D eigenvalue weighted by atomic mass is 10.3. The van der Waals surface area contributed by atoms with E-state index in [0.29, 0.717) is 25.6 Å². The Kier molecular flexibility index (Phi) is 8.58. The average molecular weight is 321 g/mol. The van der Waals surface area contributed by atoms with Crippen molar-refractivity contribution in [1.29, 1.82) is 0 Å². The lowest BCUT2D eigenvalue weighted by molar-refractivity contribution is 0.0377. The highest BCUT2D eigenvalue weighted by molar-refractivity contribution is 7.89. The zero-order valence-corrected chi connectivity index (χ0v) is 13.5. The molecule has 0 aromatic carbocycles. The molecule has 0 unspecified atom stereocenters. The Bertz CT molecular complexity index is 407. The van der Waals surface area contributed by atoms with Gasteiger partial charge >= 0.3 is 0 Å². The fourth-order valence-electron chi connectivity index (χ4n) is 1.87. The normalized spacial score (nSPS) is 17.9. The zero-order chi connectivity index (χ0) is 15.6. The Hall–Kier alpha value is -0.900. The number of nitrogens with zero attached hydrogens (tertiary/aromatic N) is 2. The van der Waals surface area contributed by atoms with E-state index in [-0.39, 0.29) is 5.75 Å². The molecule has 0 atom stereocenters. The summed E-state index contributed by atoms with van der Waals surface area (Å²) < 4.78 is 30.1. The molecule has 4 N–H and O–H groups in total. The molecule has 0 aromatic rings. The minimum Gasteiger partial charge on any atom is -0.379 e. The lowest BCUT2D eigenvalue weighted by Gasteiger charge is -2.26. The van der Waals surface area contributed by atoms with Crippen LogP contribution in [0.4, 0.5) is 0 Å². The first-order valence-corrected chi connectivity index (χ1v) is 9.00. The summed E-state index contributed by atoms with van der Waals surface area (Å²) in [5, 5.41) is 2.88. The summed E-state index contributed by atoms with van der Waals surface area (Å²) in [6, 6.07) is 0. The molecule has 0 radical (unpaired) electrons. The van der Waals surface area contributed by atoms with Gasteiger partial charge in [-0.05, 0) is 13.3 Å². The summed E-state index contributed by atoms with van der Waals surface area (Å²) in [6.07, 6.45) is 0.949. The number of nitrogens with two attached hydrogens (primary N) is 1. The maximum atomic E-state index is 11.2. The number of aliphatic imine (C=N–C) groups is 1. The maximum Gasteiger partial charge on any atom is 0.211 e. The number of sulfonamides is 1. The van der Waals surface area contributed by atoms with Crippen molar-refractivity contribution >= 4 is 16.0 Å². The number of rotatable bonds is 9. The van der Waals surface area contributed by atoms with E-state index in [1.165, 1.54) is 0 Å². The fraction of sp³-hybridized carbons (Fsp3) is 0.917. The number of hydrogen-bond donors (Lipinski definition) is 3. The van der Waals surface area contributed by atoms with E-state index >= 15 is 0 Å². The molecule has 1 aliphatic heterocycles. The van der Waals surface area contributed by atoms with E-state index in [9.17, 15) is 8.42 Å². The van der Waals surface area contributed by atoms with E-state index in [4.69, 9.17) is 10.5 Å². The third-order valence-corrected chi connectivity index (χ3v) is 4.56. The van der Waals surface area contributed by atoms with Crippen molar-refractivity contribution in [2.45, 2.75) is 13.3 Å². The van der Waals surface area contributed by atoms with Crippen LogP contribution in [0.1, 0.15) is 13.3 Å². The second kappa shape index (κ2) is 9.93. The first-order valence-electron chi connectivity index (χ1n) is 7.34. The van der Waals surface area contributed by atoms with Crippen LogP contribution in [0.5, 0.6) is 0 Å². The van der Waals surface area contributed by atoms with Gasteiger partial charge in [0.1, 0.15) is 0 Å². The third kappa shape index (κ3) is 8.86. The van der Waals surface area contributed by atoms with Crippen molar-refractivity contribution in [2.24, 2.45) is 10.7 Å². The molecular formula is C12H27N5O3S. The predicted molar refractivity (Wildman–Crippen MR) is 83.8 cm³/mol. The van der Waals surface area contributed by atoms with Crippen LogP contribution in [0, 0.1) is 0 Å². The van der Waals surface area contributed by atoms with Gasteiger partial charge in [-0.15, -0.1) is 0 Å². The smallest absolute Gasteiger partial charge is 0.211 e. The van der Waals surface area contributed by atoms with Crippen LogP contribution in [0.15, 0.2) is 4.99 Å². The van der Waals surface area contributed by atoms with Gasteiger partial charge in [-0.25, -0.2) is 13.1 Å². The van der Waals surface area contributed by atoms with Gasteiger partial charge < -0.3 is 15.8 Å². The standard InChI is InChI=1S/C12H27N5O3S/c1-2-21(18,19)16-6-5-15-12(13)14-4-3-7-17-8-10-20-11-9-17/h16H,2-11H2,1H3,(H3,13,14,15). The van der Waals surface area contributed by atoms with Gasteiger partial charge in [0.15, 0.2) is 5.96 Å². The molecule has 0 bridgehead atoms. The molecule has 1 fully saturated rings. The highest BCUT2D eigenvalue weighted by atomic mass is 32.2. The summed E-state index contributed by atoms with van der Waals surface area (Å²) in [5.41, 5.74) is 5.70. The van der Waals surface area contributed by atoms with E-state index in [1.807, 2.05) is 0 Å².